The molecule has 0 fully saturated rings. The number of carbonyl (C=O) groups is 1. The van der Waals surface area contributed by atoms with Crippen LogP contribution in [0.3, 0.4) is 0 Å². The Kier molecular flexibility index (Phi) is 3.39. The van der Waals surface area contributed by atoms with Crippen LogP contribution in [0.25, 0.3) is 0 Å². The second-order valence-corrected chi connectivity index (χ2v) is 3.34. The fourth-order valence-corrected chi connectivity index (χ4v) is 1.61. The molecule has 0 heterocycles. The molecular weight excluding hydrogens is 222 g/mol. The highest BCUT2D eigenvalue weighted by molar-refractivity contribution is 7.80. The van der Waals surface area contributed by atoms with Crippen molar-refractivity contribution in [3.8, 4) is 6.07 Å². The fraction of sp³-hybridized carbons (Fsp3) is 0.111. The molecule has 0 radical (unpaired) electrons. The summed E-state index contributed by atoms with van der Waals surface area (Å²) < 4.78 is 0. The SMILES string of the molecule is N#Cc1cc(CCl)cc(S)c1C(=O)O. The lowest BCUT2D eigenvalue weighted by Crippen LogP contribution is -2.02. The number of rotatable bonds is 2. The minimum Gasteiger partial charge on any atom is -0.478 e. The fourth-order valence-electron chi connectivity index (χ4n) is 1.08. The molecule has 1 N–H and O–H groups in total. The molecule has 14 heavy (non-hydrogen) atoms. The van der Waals surface area contributed by atoms with Crippen LogP contribution >= 0.6 is 24.2 Å². The molecule has 1 rings (SSSR count). The predicted octanol–water partition coefficient (Wildman–Crippen LogP) is 2.28. The normalized spacial score (nSPS) is 9.50. The third-order valence-electron chi connectivity index (χ3n) is 1.67. The van der Waals surface area contributed by atoms with E-state index in [0.29, 0.717) is 5.56 Å². The first-order valence-corrected chi connectivity index (χ1v) is 4.63. The molecule has 3 nitrogen and oxygen atoms in total. The first-order valence-electron chi connectivity index (χ1n) is 3.65. The van der Waals surface area contributed by atoms with Crippen molar-refractivity contribution in [2.75, 3.05) is 0 Å². The molecule has 0 aliphatic rings. The topological polar surface area (TPSA) is 61.1 Å². The van der Waals surface area contributed by atoms with Crippen LogP contribution < -0.4 is 0 Å². The number of aromatic carboxylic acids is 1. The lowest BCUT2D eigenvalue weighted by Gasteiger charge is -2.04. The summed E-state index contributed by atoms with van der Waals surface area (Å²) in [5.74, 6) is -0.935. The Labute approximate surface area is 91.3 Å². The zero-order chi connectivity index (χ0) is 10.7. The number of carboxylic acid groups (broad SMARTS) is 1. The van der Waals surface area contributed by atoms with Crippen LogP contribution in [0, 0.1) is 11.3 Å². The standard InChI is InChI=1S/C9H6ClNO2S/c10-3-5-1-6(4-11)8(9(12)13)7(14)2-5/h1-2,14H,3H2,(H,12,13). The third-order valence-corrected chi connectivity index (χ3v) is 2.33. The van der Waals surface area contributed by atoms with Gasteiger partial charge < -0.3 is 5.11 Å². The third kappa shape index (κ3) is 2.00. The van der Waals surface area contributed by atoms with Crippen LogP contribution in [-0.4, -0.2) is 11.1 Å². The average Bonchev–Trinajstić information content (AvgIpc) is 2.15. The summed E-state index contributed by atoms with van der Waals surface area (Å²) in [4.78, 5) is 11.0. The first-order chi connectivity index (χ1) is 6.60. The van der Waals surface area contributed by atoms with Gasteiger partial charge in [-0.05, 0) is 17.7 Å². The average molecular weight is 228 g/mol. The maximum atomic E-state index is 10.8. The Morgan fingerprint density at radius 3 is 2.71 bits per heavy atom. The zero-order valence-corrected chi connectivity index (χ0v) is 8.64. The van der Waals surface area contributed by atoms with E-state index in [2.05, 4.69) is 12.6 Å². The zero-order valence-electron chi connectivity index (χ0n) is 6.99. The number of alkyl halides is 1. The molecule has 0 atom stereocenters. The molecular formula is C9H6ClNO2S. The van der Waals surface area contributed by atoms with Gasteiger partial charge in [0.15, 0.2) is 0 Å². The van der Waals surface area contributed by atoms with Crippen LogP contribution in [0.1, 0.15) is 21.5 Å². The highest BCUT2D eigenvalue weighted by atomic mass is 35.5. The molecule has 72 valence electrons. The van der Waals surface area contributed by atoms with Crippen molar-refractivity contribution >= 4 is 30.2 Å². The number of thiol groups is 1. The van der Waals surface area contributed by atoms with Gasteiger partial charge in [-0.25, -0.2) is 4.79 Å². The summed E-state index contributed by atoms with van der Waals surface area (Å²) in [6.07, 6.45) is 0. The van der Waals surface area contributed by atoms with Gasteiger partial charge in [-0.2, -0.15) is 5.26 Å². The first kappa shape index (κ1) is 10.9. The lowest BCUT2D eigenvalue weighted by molar-refractivity contribution is 0.0693. The van der Waals surface area contributed by atoms with Gasteiger partial charge in [0, 0.05) is 10.8 Å². The molecule has 0 aliphatic heterocycles. The van der Waals surface area contributed by atoms with E-state index in [0.717, 1.165) is 0 Å². The Balaban J connectivity index is 3.44. The number of hydrogen-bond acceptors (Lipinski definition) is 3. The molecule has 5 heteroatoms. The Hall–Kier alpha value is -1.18. The Bertz CT molecular complexity index is 426. The minimum absolute atomic E-state index is 0.0790. The summed E-state index contributed by atoms with van der Waals surface area (Å²) in [6, 6.07) is 4.80. The van der Waals surface area contributed by atoms with E-state index < -0.39 is 5.97 Å². The maximum absolute atomic E-state index is 10.8. The second-order valence-electron chi connectivity index (χ2n) is 2.59. The van der Waals surface area contributed by atoms with Gasteiger partial charge in [-0.3, -0.25) is 0 Å². The molecule has 0 spiro atoms. The van der Waals surface area contributed by atoms with Crippen LogP contribution in [0.2, 0.25) is 0 Å². The van der Waals surface area contributed by atoms with Crippen LogP contribution in [0.5, 0.6) is 0 Å². The predicted molar refractivity (Wildman–Crippen MR) is 54.9 cm³/mol. The van der Waals surface area contributed by atoms with Crippen molar-refractivity contribution in [3.63, 3.8) is 0 Å². The Morgan fingerprint density at radius 1 is 1.64 bits per heavy atom. The summed E-state index contributed by atoms with van der Waals surface area (Å²) in [6.45, 7) is 0. The number of benzene rings is 1. The second kappa shape index (κ2) is 4.36. The summed E-state index contributed by atoms with van der Waals surface area (Å²) in [5.41, 5.74) is 0.684. The van der Waals surface area contributed by atoms with Gasteiger partial charge >= 0.3 is 5.97 Å². The van der Waals surface area contributed by atoms with Gasteiger partial charge in [0.05, 0.1) is 11.1 Å². The number of carboxylic acids is 1. The van der Waals surface area contributed by atoms with E-state index in [-0.39, 0.29) is 21.9 Å². The molecule has 1 aromatic carbocycles. The number of nitrogens with zero attached hydrogens (tertiary/aromatic N) is 1. The molecule has 0 saturated carbocycles. The maximum Gasteiger partial charge on any atom is 0.338 e. The van der Waals surface area contributed by atoms with Gasteiger partial charge in [-0.15, -0.1) is 24.2 Å². The highest BCUT2D eigenvalue weighted by Crippen LogP contribution is 2.21. The van der Waals surface area contributed by atoms with E-state index in [1.165, 1.54) is 6.07 Å². The largest absolute Gasteiger partial charge is 0.478 e. The Morgan fingerprint density at radius 2 is 2.29 bits per heavy atom. The van der Waals surface area contributed by atoms with E-state index in [9.17, 15) is 4.79 Å². The van der Waals surface area contributed by atoms with E-state index >= 15 is 0 Å². The van der Waals surface area contributed by atoms with Crippen molar-refractivity contribution in [2.45, 2.75) is 10.8 Å². The van der Waals surface area contributed by atoms with Crippen LogP contribution in [-0.2, 0) is 5.88 Å². The van der Waals surface area contributed by atoms with Gasteiger partial charge in [-0.1, -0.05) is 0 Å². The van der Waals surface area contributed by atoms with Gasteiger partial charge in [0.1, 0.15) is 6.07 Å². The molecule has 0 aromatic heterocycles. The smallest absolute Gasteiger partial charge is 0.338 e. The van der Waals surface area contributed by atoms with E-state index in [1.54, 1.807) is 12.1 Å². The minimum atomic E-state index is -1.16. The highest BCUT2D eigenvalue weighted by Gasteiger charge is 2.14. The molecule has 0 amide bonds. The van der Waals surface area contributed by atoms with E-state index in [1.807, 2.05) is 0 Å². The quantitative estimate of drug-likeness (QED) is 0.602. The summed E-state index contributed by atoms with van der Waals surface area (Å²) in [7, 11) is 0. The van der Waals surface area contributed by atoms with Crippen LogP contribution in [0.4, 0.5) is 0 Å². The molecule has 0 unspecified atom stereocenters. The molecule has 1 aromatic rings. The molecule has 0 bridgehead atoms. The van der Waals surface area contributed by atoms with Crippen molar-refractivity contribution in [3.05, 3.63) is 28.8 Å². The van der Waals surface area contributed by atoms with Gasteiger partial charge in [0.2, 0.25) is 0 Å². The van der Waals surface area contributed by atoms with Crippen molar-refractivity contribution in [2.24, 2.45) is 0 Å². The van der Waals surface area contributed by atoms with E-state index in [4.69, 9.17) is 22.0 Å². The van der Waals surface area contributed by atoms with Crippen molar-refractivity contribution in [1.82, 2.24) is 0 Å². The number of hydrogen-bond donors (Lipinski definition) is 2. The molecule has 0 saturated heterocycles. The number of nitriles is 1. The van der Waals surface area contributed by atoms with Crippen molar-refractivity contribution in [1.29, 1.82) is 5.26 Å². The van der Waals surface area contributed by atoms with Gasteiger partial charge in [0.25, 0.3) is 0 Å². The lowest BCUT2D eigenvalue weighted by atomic mass is 10.1. The monoisotopic (exact) mass is 227 g/mol. The summed E-state index contributed by atoms with van der Waals surface area (Å²) in [5, 5.41) is 17.5. The molecule has 0 aliphatic carbocycles. The van der Waals surface area contributed by atoms with Crippen molar-refractivity contribution < 1.29 is 9.90 Å². The van der Waals surface area contributed by atoms with Crippen LogP contribution in [0.15, 0.2) is 17.0 Å². The number of halogens is 1. The summed E-state index contributed by atoms with van der Waals surface area (Å²) >= 11 is 9.56.